The minimum Gasteiger partial charge on any atom is -0.0875 e. The summed E-state index contributed by atoms with van der Waals surface area (Å²) in [5.41, 5.74) is 9.76. The lowest BCUT2D eigenvalue weighted by Crippen LogP contribution is -2.68. The van der Waals surface area contributed by atoms with E-state index >= 15 is 0 Å². The molecular weight excluding hydrogens is 246 g/mol. The summed E-state index contributed by atoms with van der Waals surface area (Å²) in [7, 11) is 0. The van der Waals surface area contributed by atoms with Gasteiger partial charge < -0.3 is 0 Å². The lowest BCUT2D eigenvalue weighted by molar-refractivity contribution is -0.248. The highest BCUT2D eigenvalue weighted by atomic mass is 15.2. The maximum Gasteiger partial charge on any atom is 0.0468 e. The van der Waals surface area contributed by atoms with E-state index in [4.69, 9.17) is 5.53 Å². The minimum absolute atomic E-state index is 0.144. The van der Waals surface area contributed by atoms with Gasteiger partial charge in [0, 0.05) is 10.5 Å². The van der Waals surface area contributed by atoms with E-state index in [9.17, 15) is 0 Å². The average molecular weight is 273 g/mol. The first-order chi connectivity index (χ1) is 9.32. The Morgan fingerprint density at radius 3 is 2.40 bits per heavy atom. The molecule has 0 aliphatic heterocycles. The summed E-state index contributed by atoms with van der Waals surface area (Å²) in [6.07, 6.45) is 6.55. The predicted octanol–water partition coefficient (Wildman–Crippen LogP) is 5.17. The van der Waals surface area contributed by atoms with Crippen molar-refractivity contribution in [3.05, 3.63) is 10.4 Å². The summed E-state index contributed by atoms with van der Waals surface area (Å²) in [6, 6.07) is 0. The SMILES string of the molecule is CC1C2CC3CC4C(CC(C)(N=[N+]=[N-])CC24C)C1(C)C3. The zero-order chi connectivity index (χ0) is 14.3. The van der Waals surface area contributed by atoms with Gasteiger partial charge in [-0.2, -0.15) is 0 Å². The Hall–Kier alpha value is -0.690. The predicted molar refractivity (Wildman–Crippen MR) is 80.0 cm³/mol. The van der Waals surface area contributed by atoms with Gasteiger partial charge in [-0.05, 0) is 78.1 Å². The van der Waals surface area contributed by atoms with Crippen LogP contribution in [0.2, 0.25) is 0 Å². The van der Waals surface area contributed by atoms with E-state index in [1.54, 1.807) is 0 Å². The third kappa shape index (κ3) is 1.31. The summed E-state index contributed by atoms with van der Waals surface area (Å²) in [5, 5.41) is 4.26. The van der Waals surface area contributed by atoms with E-state index < -0.39 is 0 Å². The fourth-order valence-corrected chi connectivity index (χ4v) is 7.60. The molecule has 0 aromatic carbocycles. The average Bonchev–Trinajstić information content (AvgIpc) is 2.35. The van der Waals surface area contributed by atoms with Gasteiger partial charge in [-0.1, -0.05) is 32.8 Å². The van der Waals surface area contributed by atoms with E-state index in [-0.39, 0.29) is 5.54 Å². The molecular formula is C17H27N3. The number of hydrogen-bond donors (Lipinski definition) is 0. The largest absolute Gasteiger partial charge is 0.0875 e. The third-order valence-corrected chi connectivity index (χ3v) is 8.28. The fraction of sp³-hybridized carbons (Fsp3) is 1.00. The third-order valence-electron chi connectivity index (χ3n) is 8.28. The molecule has 0 aromatic heterocycles. The van der Waals surface area contributed by atoms with E-state index in [0.29, 0.717) is 10.8 Å². The lowest BCUT2D eigenvalue weighted by Gasteiger charge is -2.74. The zero-order valence-electron chi connectivity index (χ0n) is 13.3. The second kappa shape index (κ2) is 3.55. The van der Waals surface area contributed by atoms with Crippen LogP contribution in [0.15, 0.2) is 5.11 Å². The molecule has 3 heteroatoms. The van der Waals surface area contributed by atoms with Crippen molar-refractivity contribution in [3.63, 3.8) is 0 Å². The van der Waals surface area contributed by atoms with Crippen LogP contribution in [0, 0.1) is 40.4 Å². The Labute approximate surface area is 122 Å². The van der Waals surface area contributed by atoms with Gasteiger partial charge in [0.15, 0.2) is 0 Å². The quantitative estimate of drug-likeness (QED) is 0.359. The van der Waals surface area contributed by atoms with Gasteiger partial charge in [-0.25, -0.2) is 0 Å². The molecule has 0 aromatic rings. The topological polar surface area (TPSA) is 48.8 Å². The molecule has 0 heterocycles. The maximum atomic E-state index is 8.98. The zero-order valence-corrected chi connectivity index (χ0v) is 13.3. The molecule has 5 fully saturated rings. The lowest BCUT2D eigenvalue weighted by atomic mass is 9.31. The van der Waals surface area contributed by atoms with Crippen molar-refractivity contribution < 1.29 is 0 Å². The van der Waals surface area contributed by atoms with Crippen molar-refractivity contribution in [3.8, 4) is 0 Å². The highest BCUT2D eigenvalue weighted by molar-refractivity contribution is 5.19. The maximum absolute atomic E-state index is 8.98. The number of azide groups is 1. The van der Waals surface area contributed by atoms with Gasteiger partial charge in [0.05, 0.1) is 0 Å². The number of rotatable bonds is 1. The molecule has 8 atom stereocenters. The fourth-order valence-electron chi connectivity index (χ4n) is 7.60. The van der Waals surface area contributed by atoms with Gasteiger partial charge in [0.25, 0.3) is 0 Å². The van der Waals surface area contributed by atoms with Gasteiger partial charge in [-0.3, -0.25) is 0 Å². The van der Waals surface area contributed by atoms with Crippen molar-refractivity contribution in [1.82, 2.24) is 0 Å². The molecule has 5 aliphatic rings. The van der Waals surface area contributed by atoms with E-state index in [0.717, 1.165) is 42.4 Å². The van der Waals surface area contributed by atoms with E-state index in [2.05, 4.69) is 37.7 Å². The van der Waals surface area contributed by atoms with Crippen molar-refractivity contribution >= 4 is 0 Å². The Balaban J connectivity index is 1.85. The molecule has 3 nitrogen and oxygen atoms in total. The molecule has 110 valence electrons. The second-order valence-electron chi connectivity index (χ2n) is 9.23. The Morgan fingerprint density at radius 2 is 1.70 bits per heavy atom. The Bertz CT molecular complexity index is 500. The second-order valence-corrected chi connectivity index (χ2v) is 9.23. The number of nitrogens with zero attached hydrogens (tertiary/aromatic N) is 3. The van der Waals surface area contributed by atoms with Crippen LogP contribution in [-0.2, 0) is 0 Å². The van der Waals surface area contributed by atoms with E-state index in [1.165, 1.54) is 19.3 Å². The first kappa shape index (κ1) is 13.0. The highest BCUT2D eigenvalue weighted by Crippen LogP contribution is 2.75. The summed E-state index contributed by atoms with van der Waals surface area (Å²) < 4.78 is 0. The molecule has 6 bridgehead atoms. The number of hydrogen-bond acceptors (Lipinski definition) is 1. The highest BCUT2D eigenvalue weighted by Gasteiger charge is 2.69. The molecule has 20 heavy (non-hydrogen) atoms. The first-order valence-corrected chi connectivity index (χ1v) is 8.39. The Kier molecular flexibility index (Phi) is 2.31. The van der Waals surface area contributed by atoms with Crippen LogP contribution in [0.4, 0.5) is 0 Å². The van der Waals surface area contributed by atoms with Crippen LogP contribution in [-0.4, -0.2) is 5.54 Å². The van der Waals surface area contributed by atoms with Gasteiger partial charge in [0.2, 0.25) is 0 Å². The van der Waals surface area contributed by atoms with Crippen molar-refractivity contribution in [2.24, 2.45) is 45.5 Å². The molecule has 5 aliphatic carbocycles. The molecule has 8 unspecified atom stereocenters. The van der Waals surface area contributed by atoms with Crippen LogP contribution in [0.1, 0.15) is 59.8 Å². The van der Waals surface area contributed by atoms with Crippen molar-refractivity contribution in [2.75, 3.05) is 0 Å². The van der Waals surface area contributed by atoms with Gasteiger partial charge in [0.1, 0.15) is 0 Å². The summed E-state index contributed by atoms with van der Waals surface area (Å²) in [6.45, 7) is 9.80. The smallest absolute Gasteiger partial charge is 0.0468 e. The molecule has 5 rings (SSSR count). The summed E-state index contributed by atoms with van der Waals surface area (Å²) in [4.78, 5) is 3.19. The Morgan fingerprint density at radius 1 is 1.00 bits per heavy atom. The van der Waals surface area contributed by atoms with Crippen LogP contribution in [0.5, 0.6) is 0 Å². The van der Waals surface area contributed by atoms with Gasteiger partial charge in [-0.15, -0.1) is 0 Å². The van der Waals surface area contributed by atoms with E-state index in [1.807, 2.05) is 0 Å². The first-order valence-electron chi connectivity index (χ1n) is 8.39. The van der Waals surface area contributed by atoms with Crippen LogP contribution in [0.25, 0.3) is 10.4 Å². The van der Waals surface area contributed by atoms with Crippen LogP contribution >= 0.6 is 0 Å². The molecule has 0 N–H and O–H groups in total. The molecule has 0 amide bonds. The summed E-state index contributed by atoms with van der Waals surface area (Å²) >= 11 is 0. The van der Waals surface area contributed by atoms with Gasteiger partial charge >= 0.3 is 0 Å². The minimum atomic E-state index is -0.144. The normalized spacial score (nSPS) is 63.1. The monoisotopic (exact) mass is 273 g/mol. The van der Waals surface area contributed by atoms with Crippen LogP contribution in [0.3, 0.4) is 0 Å². The summed E-state index contributed by atoms with van der Waals surface area (Å²) in [5.74, 6) is 4.36. The molecule has 0 saturated heterocycles. The molecule has 5 saturated carbocycles. The van der Waals surface area contributed by atoms with Crippen molar-refractivity contribution in [2.45, 2.75) is 65.3 Å². The molecule has 0 spiro atoms. The van der Waals surface area contributed by atoms with Crippen molar-refractivity contribution in [1.29, 1.82) is 0 Å². The standard InChI is InChI=1S/C17H27N3/c1-10-12-5-11-6-13-14(16(10,3)7-11)8-15(2,19-20-18)9-17(12,13)4/h10-14H,5-9H2,1-4H3. The molecule has 0 radical (unpaired) electrons. The van der Waals surface area contributed by atoms with Crippen LogP contribution < -0.4 is 0 Å².